The molecule has 0 heterocycles. The van der Waals surface area contributed by atoms with E-state index < -0.39 is 0 Å². The van der Waals surface area contributed by atoms with Crippen molar-refractivity contribution in [2.45, 2.75) is 46.0 Å². The van der Waals surface area contributed by atoms with Crippen LogP contribution in [0.3, 0.4) is 0 Å². The molecule has 1 aromatic carbocycles. The highest BCUT2D eigenvalue weighted by atomic mass is 16.2. The van der Waals surface area contributed by atoms with Gasteiger partial charge in [-0.05, 0) is 38.0 Å². The van der Waals surface area contributed by atoms with Crippen LogP contribution in [0, 0.1) is 5.41 Å². The topological polar surface area (TPSA) is 46.3 Å². The summed E-state index contributed by atoms with van der Waals surface area (Å²) >= 11 is 0. The van der Waals surface area contributed by atoms with Gasteiger partial charge in [-0.15, -0.1) is 0 Å². The lowest BCUT2D eigenvalue weighted by atomic mass is 9.74. The number of anilines is 2. The first-order valence-corrected chi connectivity index (χ1v) is 7.24. The molecule has 1 amide bonds. The number of hydrogen-bond acceptors (Lipinski definition) is 2. The second-order valence-electron chi connectivity index (χ2n) is 5.77. The van der Waals surface area contributed by atoms with E-state index in [2.05, 4.69) is 6.92 Å². The zero-order valence-corrected chi connectivity index (χ0v) is 12.0. The first kappa shape index (κ1) is 13.9. The van der Waals surface area contributed by atoms with Crippen molar-refractivity contribution < 1.29 is 4.79 Å². The van der Waals surface area contributed by atoms with Gasteiger partial charge in [-0.25, -0.2) is 0 Å². The molecule has 0 bridgehead atoms. The molecule has 104 valence electrons. The van der Waals surface area contributed by atoms with E-state index >= 15 is 0 Å². The third kappa shape index (κ3) is 2.91. The zero-order chi connectivity index (χ0) is 13.9. The van der Waals surface area contributed by atoms with Crippen LogP contribution in [0.4, 0.5) is 11.4 Å². The minimum absolute atomic E-state index is 0.196. The molecule has 0 unspecified atom stereocenters. The molecule has 0 spiro atoms. The summed E-state index contributed by atoms with van der Waals surface area (Å²) in [5.74, 6) is 0.250. The van der Waals surface area contributed by atoms with Crippen molar-refractivity contribution >= 4 is 17.3 Å². The molecule has 1 aliphatic carbocycles. The number of nitrogen functional groups attached to an aromatic ring is 1. The Morgan fingerprint density at radius 1 is 1.32 bits per heavy atom. The van der Waals surface area contributed by atoms with Crippen molar-refractivity contribution in [3.05, 3.63) is 24.3 Å². The summed E-state index contributed by atoms with van der Waals surface area (Å²) in [6.07, 6.45) is 5.59. The highest BCUT2D eigenvalue weighted by Crippen LogP contribution is 2.38. The van der Waals surface area contributed by atoms with Crippen LogP contribution >= 0.6 is 0 Å². The van der Waals surface area contributed by atoms with Gasteiger partial charge in [-0.3, -0.25) is 4.79 Å². The summed E-state index contributed by atoms with van der Waals surface area (Å²) in [7, 11) is 0. The Kier molecular flexibility index (Phi) is 4.13. The fraction of sp³-hybridized carbons (Fsp3) is 0.562. The summed E-state index contributed by atoms with van der Waals surface area (Å²) < 4.78 is 0. The number of amides is 1. The molecule has 3 heteroatoms. The van der Waals surface area contributed by atoms with Crippen molar-refractivity contribution in [2.75, 3.05) is 17.2 Å². The van der Waals surface area contributed by atoms with Crippen molar-refractivity contribution in [1.29, 1.82) is 0 Å². The lowest BCUT2D eigenvalue weighted by Gasteiger charge is -2.36. The molecule has 0 radical (unpaired) electrons. The first-order valence-electron chi connectivity index (χ1n) is 7.24. The van der Waals surface area contributed by atoms with Crippen molar-refractivity contribution in [1.82, 2.24) is 0 Å². The van der Waals surface area contributed by atoms with Gasteiger partial charge in [0, 0.05) is 23.3 Å². The van der Waals surface area contributed by atoms with Crippen LogP contribution < -0.4 is 10.6 Å². The molecule has 1 aromatic rings. The third-order valence-corrected chi connectivity index (χ3v) is 4.22. The van der Waals surface area contributed by atoms with E-state index in [0.29, 0.717) is 12.2 Å². The third-order valence-electron chi connectivity index (χ3n) is 4.22. The molecule has 0 atom stereocenters. The molecule has 1 fully saturated rings. The molecule has 3 nitrogen and oxygen atoms in total. The number of rotatable bonds is 3. The van der Waals surface area contributed by atoms with Gasteiger partial charge >= 0.3 is 0 Å². The van der Waals surface area contributed by atoms with Gasteiger partial charge in [0.15, 0.2) is 0 Å². The Morgan fingerprint density at radius 2 is 2.00 bits per heavy atom. The number of nitrogens with zero attached hydrogens (tertiary/aromatic N) is 1. The van der Waals surface area contributed by atoms with Crippen LogP contribution in [0.15, 0.2) is 24.3 Å². The maximum atomic E-state index is 12.8. The van der Waals surface area contributed by atoms with Crippen molar-refractivity contribution in [2.24, 2.45) is 5.41 Å². The SMILES string of the molecule is CCN(C(=O)C1(C)CCCCC1)c1cccc(N)c1. The fourth-order valence-corrected chi connectivity index (χ4v) is 3.01. The van der Waals surface area contributed by atoms with Crippen LogP contribution in [-0.4, -0.2) is 12.5 Å². The van der Waals surface area contributed by atoms with Crippen molar-refractivity contribution in [3.63, 3.8) is 0 Å². The second-order valence-corrected chi connectivity index (χ2v) is 5.77. The second kappa shape index (κ2) is 5.64. The number of benzene rings is 1. The van der Waals surface area contributed by atoms with Crippen LogP contribution in [0.2, 0.25) is 0 Å². The van der Waals surface area contributed by atoms with E-state index in [-0.39, 0.29) is 11.3 Å². The number of hydrogen-bond donors (Lipinski definition) is 1. The largest absolute Gasteiger partial charge is 0.399 e. The Labute approximate surface area is 115 Å². The van der Waals surface area contributed by atoms with E-state index in [0.717, 1.165) is 31.4 Å². The molecule has 1 saturated carbocycles. The number of carbonyl (C=O) groups excluding carboxylic acids is 1. The van der Waals surface area contributed by atoms with Gasteiger partial charge in [0.2, 0.25) is 5.91 Å². The monoisotopic (exact) mass is 260 g/mol. The molecule has 0 saturated heterocycles. The Hall–Kier alpha value is -1.51. The van der Waals surface area contributed by atoms with Gasteiger partial charge in [0.1, 0.15) is 0 Å². The molecule has 0 aliphatic heterocycles. The van der Waals surface area contributed by atoms with E-state index in [1.54, 1.807) is 0 Å². The molecule has 2 N–H and O–H groups in total. The zero-order valence-electron chi connectivity index (χ0n) is 12.0. The summed E-state index contributed by atoms with van der Waals surface area (Å²) in [6, 6.07) is 7.60. The Balaban J connectivity index is 2.24. The summed E-state index contributed by atoms with van der Waals surface area (Å²) in [5, 5.41) is 0. The van der Waals surface area contributed by atoms with Gasteiger partial charge < -0.3 is 10.6 Å². The van der Waals surface area contributed by atoms with Crippen LogP contribution in [-0.2, 0) is 4.79 Å². The van der Waals surface area contributed by atoms with Gasteiger partial charge in [0.05, 0.1) is 0 Å². The average Bonchev–Trinajstić information content (AvgIpc) is 2.40. The van der Waals surface area contributed by atoms with Crippen LogP contribution in [0.1, 0.15) is 46.0 Å². The number of nitrogens with two attached hydrogens (primary N) is 1. The van der Waals surface area contributed by atoms with Crippen LogP contribution in [0.25, 0.3) is 0 Å². The minimum atomic E-state index is -0.196. The average molecular weight is 260 g/mol. The smallest absolute Gasteiger partial charge is 0.232 e. The van der Waals surface area contributed by atoms with E-state index in [1.165, 1.54) is 6.42 Å². The van der Waals surface area contributed by atoms with Crippen molar-refractivity contribution in [3.8, 4) is 0 Å². The van der Waals surface area contributed by atoms with E-state index in [4.69, 9.17) is 5.73 Å². The van der Waals surface area contributed by atoms with Gasteiger partial charge in [0.25, 0.3) is 0 Å². The van der Waals surface area contributed by atoms with Crippen LogP contribution in [0.5, 0.6) is 0 Å². The van der Waals surface area contributed by atoms with E-state index in [1.807, 2.05) is 36.1 Å². The number of carbonyl (C=O) groups is 1. The summed E-state index contributed by atoms with van der Waals surface area (Å²) in [4.78, 5) is 14.7. The van der Waals surface area contributed by atoms with E-state index in [9.17, 15) is 4.79 Å². The standard InChI is InChI=1S/C16H24N2O/c1-3-18(14-9-7-8-13(17)12-14)15(19)16(2)10-5-4-6-11-16/h7-9,12H,3-6,10-11,17H2,1-2H3. The molecule has 1 aliphatic rings. The normalized spacial score (nSPS) is 18.0. The Morgan fingerprint density at radius 3 is 2.58 bits per heavy atom. The predicted molar refractivity (Wildman–Crippen MR) is 80.1 cm³/mol. The molecular weight excluding hydrogens is 236 g/mol. The quantitative estimate of drug-likeness (QED) is 0.844. The predicted octanol–water partition coefficient (Wildman–Crippen LogP) is 3.59. The molecule has 0 aromatic heterocycles. The van der Waals surface area contributed by atoms with Gasteiger partial charge in [-0.2, -0.15) is 0 Å². The highest BCUT2D eigenvalue weighted by molar-refractivity contribution is 5.97. The van der Waals surface area contributed by atoms with Gasteiger partial charge in [-0.1, -0.05) is 32.3 Å². The molecule has 2 rings (SSSR count). The lowest BCUT2D eigenvalue weighted by molar-refractivity contribution is -0.129. The lowest BCUT2D eigenvalue weighted by Crippen LogP contribution is -2.43. The minimum Gasteiger partial charge on any atom is -0.399 e. The summed E-state index contributed by atoms with van der Waals surface area (Å²) in [5.41, 5.74) is 7.25. The maximum absolute atomic E-state index is 12.8. The molecule has 19 heavy (non-hydrogen) atoms. The first-order chi connectivity index (χ1) is 9.07. The highest BCUT2D eigenvalue weighted by Gasteiger charge is 2.37. The fourth-order valence-electron chi connectivity index (χ4n) is 3.01. The molecular formula is C16H24N2O. The maximum Gasteiger partial charge on any atom is 0.232 e. The summed E-state index contributed by atoms with van der Waals surface area (Å²) in [6.45, 7) is 4.83. The Bertz CT molecular complexity index is 450.